The van der Waals surface area contributed by atoms with Crippen molar-refractivity contribution in [2.75, 3.05) is 11.1 Å². The molecular weight excluding hydrogens is 276 g/mol. The minimum atomic E-state index is -1.10. The lowest BCUT2D eigenvalue weighted by atomic mass is 10.2. The molecule has 0 radical (unpaired) electrons. The van der Waals surface area contributed by atoms with Crippen molar-refractivity contribution in [1.29, 1.82) is 0 Å². The predicted octanol–water partition coefficient (Wildman–Crippen LogP) is 0.926. The van der Waals surface area contributed by atoms with E-state index in [0.717, 1.165) is 0 Å². The number of rotatable bonds is 5. The number of thiol groups is 1. The van der Waals surface area contributed by atoms with E-state index in [1.165, 1.54) is 12.1 Å². The highest BCUT2D eigenvalue weighted by Gasteiger charge is 2.22. The fourth-order valence-corrected chi connectivity index (χ4v) is 1.74. The van der Waals surface area contributed by atoms with Crippen LogP contribution in [0.5, 0.6) is 0 Å². The van der Waals surface area contributed by atoms with Crippen LogP contribution in [0.3, 0.4) is 0 Å². The summed E-state index contributed by atoms with van der Waals surface area (Å²) < 4.78 is 4.46. The molecule has 2 N–H and O–H groups in total. The van der Waals surface area contributed by atoms with Gasteiger partial charge >= 0.3 is 11.7 Å². The van der Waals surface area contributed by atoms with Gasteiger partial charge in [-0.25, -0.2) is 9.42 Å². The van der Waals surface area contributed by atoms with Crippen molar-refractivity contribution in [3.05, 3.63) is 22.2 Å². The number of carbonyl (C=O) groups is 1. The van der Waals surface area contributed by atoms with Crippen molar-refractivity contribution in [1.82, 2.24) is 10.3 Å². The first-order chi connectivity index (χ1) is 9.04. The highest BCUT2D eigenvalue weighted by atomic mass is 32.1. The normalized spacial score (nSPS) is 12.3. The van der Waals surface area contributed by atoms with Gasteiger partial charge in [0.2, 0.25) is 5.52 Å². The van der Waals surface area contributed by atoms with Gasteiger partial charge in [-0.2, -0.15) is 12.6 Å². The molecule has 0 fully saturated rings. The Balaban J connectivity index is 2.46. The molecule has 1 atom stereocenters. The number of aliphatic carboxylic acids is 1. The smallest absolute Gasteiger partial charge is 0.326 e. The number of carboxylic acids is 1. The van der Waals surface area contributed by atoms with Crippen molar-refractivity contribution in [2.24, 2.45) is 0 Å². The van der Waals surface area contributed by atoms with Crippen molar-refractivity contribution in [3.8, 4) is 0 Å². The number of non-ortho nitro benzene ring substituents is 1. The molecule has 0 unspecified atom stereocenters. The van der Waals surface area contributed by atoms with E-state index in [1.807, 2.05) is 0 Å². The molecule has 2 aromatic rings. The summed E-state index contributed by atoms with van der Waals surface area (Å²) in [6.07, 6.45) is 0. The van der Waals surface area contributed by atoms with E-state index in [4.69, 9.17) is 5.11 Å². The second-order valence-corrected chi connectivity index (χ2v) is 3.93. The molecule has 0 aliphatic heterocycles. The van der Waals surface area contributed by atoms with Crippen LogP contribution in [0.4, 0.5) is 11.4 Å². The maximum Gasteiger partial charge on any atom is 0.326 e. The molecule has 0 aliphatic rings. The molecule has 2 rings (SSSR count). The SMILES string of the molecule is O=C(O)[C@H](CS)Nc1ccc([N+](=O)[O-])c2nonc12. The number of nitro benzene ring substituents is 1. The van der Waals surface area contributed by atoms with E-state index < -0.39 is 16.9 Å². The van der Waals surface area contributed by atoms with E-state index >= 15 is 0 Å². The van der Waals surface area contributed by atoms with Crippen LogP contribution in [-0.2, 0) is 4.79 Å². The summed E-state index contributed by atoms with van der Waals surface area (Å²) in [5, 5.41) is 29.3. The molecule has 100 valence electrons. The van der Waals surface area contributed by atoms with E-state index in [1.54, 1.807) is 0 Å². The van der Waals surface area contributed by atoms with Crippen LogP contribution in [0.15, 0.2) is 16.8 Å². The van der Waals surface area contributed by atoms with Gasteiger partial charge in [0.25, 0.3) is 0 Å². The third-order valence-electron chi connectivity index (χ3n) is 2.40. The summed E-state index contributed by atoms with van der Waals surface area (Å²) in [7, 11) is 0. The van der Waals surface area contributed by atoms with Crippen molar-refractivity contribution < 1.29 is 19.5 Å². The van der Waals surface area contributed by atoms with Crippen molar-refractivity contribution in [3.63, 3.8) is 0 Å². The molecule has 0 aliphatic carbocycles. The van der Waals surface area contributed by atoms with E-state index in [0.29, 0.717) is 0 Å². The maximum absolute atomic E-state index is 10.9. The summed E-state index contributed by atoms with van der Waals surface area (Å²) in [4.78, 5) is 21.1. The van der Waals surface area contributed by atoms with Crippen molar-refractivity contribution >= 4 is 41.0 Å². The van der Waals surface area contributed by atoms with Gasteiger partial charge in [-0.3, -0.25) is 10.1 Å². The number of hydrogen-bond acceptors (Lipinski definition) is 8. The number of hydrogen-bond donors (Lipinski definition) is 3. The lowest BCUT2D eigenvalue weighted by molar-refractivity contribution is -0.383. The molecule has 1 aromatic heterocycles. The van der Waals surface area contributed by atoms with E-state index in [2.05, 4.69) is 32.9 Å². The van der Waals surface area contributed by atoms with Gasteiger partial charge in [-0.15, -0.1) is 0 Å². The number of benzene rings is 1. The van der Waals surface area contributed by atoms with Gasteiger partial charge in [-0.05, 0) is 16.4 Å². The molecule has 0 spiro atoms. The molecule has 0 bridgehead atoms. The maximum atomic E-state index is 10.9. The van der Waals surface area contributed by atoms with E-state index in [9.17, 15) is 14.9 Å². The average Bonchev–Trinajstić information content (AvgIpc) is 2.84. The van der Waals surface area contributed by atoms with E-state index in [-0.39, 0.29) is 28.2 Å². The van der Waals surface area contributed by atoms with Crippen LogP contribution in [-0.4, -0.2) is 38.1 Å². The Hall–Kier alpha value is -2.36. The second kappa shape index (κ2) is 5.10. The molecule has 0 saturated heterocycles. The molecular formula is C9H8N4O5S. The highest BCUT2D eigenvalue weighted by molar-refractivity contribution is 7.80. The lowest BCUT2D eigenvalue weighted by Gasteiger charge is -2.12. The van der Waals surface area contributed by atoms with Crippen molar-refractivity contribution in [2.45, 2.75) is 6.04 Å². The Kier molecular flexibility index (Phi) is 3.51. The van der Waals surface area contributed by atoms with Gasteiger partial charge in [0.05, 0.1) is 10.6 Å². The quantitative estimate of drug-likeness (QED) is 0.419. The summed E-state index contributed by atoms with van der Waals surface area (Å²) in [6, 6.07) is 1.60. The topological polar surface area (TPSA) is 131 Å². The standard InChI is InChI=1S/C9H8N4O5S/c14-9(15)5(3-19)10-4-1-2-6(13(16)17)8-7(4)11-18-12-8/h1-2,5,10,19H,3H2,(H,14,15)/t5-/m0/s1. The number of nitrogens with zero attached hydrogens (tertiary/aromatic N) is 3. The van der Waals surface area contributed by atoms with Crippen LogP contribution < -0.4 is 5.32 Å². The van der Waals surface area contributed by atoms with Gasteiger partial charge in [-0.1, -0.05) is 0 Å². The second-order valence-electron chi connectivity index (χ2n) is 3.57. The Bertz CT molecular complexity index is 643. The Morgan fingerprint density at radius 3 is 2.79 bits per heavy atom. The fourth-order valence-electron chi connectivity index (χ4n) is 1.49. The van der Waals surface area contributed by atoms with Gasteiger partial charge < -0.3 is 10.4 Å². The molecule has 1 heterocycles. The predicted molar refractivity (Wildman–Crippen MR) is 67.4 cm³/mol. The number of anilines is 1. The first kappa shape index (κ1) is 13.1. The first-order valence-electron chi connectivity index (χ1n) is 5.04. The zero-order valence-corrected chi connectivity index (χ0v) is 10.2. The molecule has 0 amide bonds. The Morgan fingerprint density at radius 1 is 1.53 bits per heavy atom. The largest absolute Gasteiger partial charge is 0.480 e. The first-order valence-corrected chi connectivity index (χ1v) is 5.67. The summed E-state index contributed by atoms with van der Waals surface area (Å²) >= 11 is 3.91. The van der Waals surface area contributed by atoms with Crippen LogP contribution in [0.1, 0.15) is 0 Å². The zero-order valence-electron chi connectivity index (χ0n) is 9.31. The van der Waals surface area contributed by atoms with Crippen LogP contribution in [0.25, 0.3) is 11.0 Å². The Labute approximate surface area is 111 Å². The lowest BCUT2D eigenvalue weighted by Crippen LogP contribution is -2.30. The van der Waals surface area contributed by atoms with Crippen LogP contribution in [0.2, 0.25) is 0 Å². The number of aromatic nitrogens is 2. The minimum Gasteiger partial charge on any atom is -0.480 e. The monoisotopic (exact) mass is 284 g/mol. The van der Waals surface area contributed by atoms with Gasteiger partial charge in [0, 0.05) is 11.8 Å². The van der Waals surface area contributed by atoms with Crippen LogP contribution >= 0.6 is 12.6 Å². The summed E-state index contributed by atoms with van der Waals surface area (Å²) in [6.45, 7) is 0. The average molecular weight is 284 g/mol. The summed E-state index contributed by atoms with van der Waals surface area (Å²) in [5.41, 5.74) is 0.0726. The molecule has 1 aromatic carbocycles. The molecule has 9 nitrogen and oxygen atoms in total. The van der Waals surface area contributed by atoms with Gasteiger partial charge in [0.1, 0.15) is 6.04 Å². The Morgan fingerprint density at radius 2 is 2.21 bits per heavy atom. The highest BCUT2D eigenvalue weighted by Crippen LogP contribution is 2.29. The number of nitrogens with one attached hydrogen (secondary N) is 1. The van der Waals surface area contributed by atoms with Gasteiger partial charge in [0.15, 0.2) is 5.52 Å². The molecule has 19 heavy (non-hydrogen) atoms. The zero-order chi connectivity index (χ0) is 14.0. The molecule has 0 saturated carbocycles. The number of nitro groups is 1. The third kappa shape index (κ3) is 2.42. The van der Waals surface area contributed by atoms with Crippen LogP contribution in [0, 0.1) is 10.1 Å². The minimum absolute atomic E-state index is 0.0408. The number of carboxylic acid groups (broad SMARTS) is 1. The molecule has 10 heteroatoms. The fraction of sp³-hybridized carbons (Fsp3) is 0.222. The third-order valence-corrected chi connectivity index (χ3v) is 2.77. The number of fused-ring (bicyclic) bond motifs is 1. The summed E-state index contributed by atoms with van der Waals surface area (Å²) in [5.74, 6) is -1.06.